The molecule has 84 valence electrons. The predicted octanol–water partition coefficient (Wildman–Crippen LogP) is 2.34. The molecule has 1 aromatic rings. The van der Waals surface area contributed by atoms with E-state index < -0.39 is 17.3 Å². The maximum absolute atomic E-state index is 13.3. The summed E-state index contributed by atoms with van der Waals surface area (Å²) >= 11 is 0. The van der Waals surface area contributed by atoms with Gasteiger partial charge in [-0.05, 0) is 13.8 Å². The number of nitrogen functional groups attached to an aromatic ring is 1. The third-order valence-electron chi connectivity index (χ3n) is 1.77. The van der Waals surface area contributed by atoms with Crippen LogP contribution in [0.1, 0.15) is 13.8 Å². The topological polar surface area (TPSA) is 44.5 Å². The van der Waals surface area contributed by atoms with Gasteiger partial charge in [-0.25, -0.2) is 8.78 Å². The highest BCUT2D eigenvalue weighted by atomic mass is 19.1. The van der Waals surface area contributed by atoms with Crippen molar-refractivity contribution < 1.29 is 18.3 Å². The molecule has 5 heteroatoms. The van der Waals surface area contributed by atoms with Gasteiger partial charge in [0.25, 0.3) is 0 Å². The number of ether oxygens (including phenoxy) is 2. The van der Waals surface area contributed by atoms with E-state index >= 15 is 0 Å². The first-order valence-corrected chi connectivity index (χ1v) is 4.64. The maximum atomic E-state index is 13.3. The Kier molecular flexibility index (Phi) is 3.71. The highest BCUT2D eigenvalue weighted by Crippen LogP contribution is 2.33. The summed E-state index contributed by atoms with van der Waals surface area (Å²) in [6.45, 7) is 3.93. The molecule has 3 nitrogen and oxygen atoms in total. The van der Waals surface area contributed by atoms with E-state index in [1.807, 2.05) is 0 Å². The minimum absolute atomic E-state index is 0.0974. The molecule has 0 saturated carbocycles. The molecule has 0 heterocycles. The van der Waals surface area contributed by atoms with E-state index in [0.717, 1.165) is 6.07 Å². The molecular weight excluding hydrogens is 204 g/mol. The van der Waals surface area contributed by atoms with Crippen LogP contribution < -0.4 is 15.2 Å². The van der Waals surface area contributed by atoms with Crippen LogP contribution in [-0.2, 0) is 0 Å². The SMILES string of the molecule is CCOc1cc(OCC)c(F)c(N)c1F. The van der Waals surface area contributed by atoms with Crippen molar-refractivity contribution in [1.82, 2.24) is 0 Å². The van der Waals surface area contributed by atoms with Gasteiger partial charge in [0, 0.05) is 6.07 Å². The molecule has 0 unspecified atom stereocenters. The van der Waals surface area contributed by atoms with E-state index in [9.17, 15) is 8.78 Å². The van der Waals surface area contributed by atoms with Gasteiger partial charge in [0.05, 0.1) is 13.2 Å². The molecule has 0 aliphatic carbocycles. The van der Waals surface area contributed by atoms with Crippen LogP contribution in [0.25, 0.3) is 0 Å². The zero-order chi connectivity index (χ0) is 11.4. The summed E-state index contributed by atoms with van der Waals surface area (Å²) in [6.07, 6.45) is 0. The summed E-state index contributed by atoms with van der Waals surface area (Å²) < 4.78 is 36.6. The van der Waals surface area contributed by atoms with E-state index in [0.29, 0.717) is 0 Å². The second-order valence-electron chi connectivity index (χ2n) is 2.78. The zero-order valence-electron chi connectivity index (χ0n) is 8.64. The van der Waals surface area contributed by atoms with E-state index in [1.165, 1.54) is 0 Å². The fourth-order valence-electron chi connectivity index (χ4n) is 1.13. The lowest BCUT2D eigenvalue weighted by Crippen LogP contribution is -2.04. The van der Waals surface area contributed by atoms with Crippen LogP contribution in [0.2, 0.25) is 0 Å². The number of anilines is 1. The van der Waals surface area contributed by atoms with Crippen LogP contribution in [0.5, 0.6) is 11.5 Å². The molecule has 0 aliphatic heterocycles. The number of hydrogen-bond donors (Lipinski definition) is 1. The predicted molar refractivity (Wildman–Crippen MR) is 53.1 cm³/mol. The number of nitrogens with two attached hydrogens (primary N) is 1. The van der Waals surface area contributed by atoms with Gasteiger partial charge in [-0.3, -0.25) is 0 Å². The second kappa shape index (κ2) is 4.82. The van der Waals surface area contributed by atoms with E-state index in [-0.39, 0.29) is 24.7 Å². The Morgan fingerprint density at radius 1 is 1.07 bits per heavy atom. The summed E-state index contributed by atoms with van der Waals surface area (Å²) in [7, 11) is 0. The van der Waals surface area contributed by atoms with E-state index in [2.05, 4.69) is 0 Å². The number of rotatable bonds is 4. The van der Waals surface area contributed by atoms with Crippen molar-refractivity contribution in [1.29, 1.82) is 0 Å². The molecule has 1 rings (SSSR count). The first-order chi connectivity index (χ1) is 7.11. The van der Waals surface area contributed by atoms with Gasteiger partial charge >= 0.3 is 0 Å². The maximum Gasteiger partial charge on any atom is 0.191 e. The van der Waals surface area contributed by atoms with Crippen LogP contribution in [0, 0.1) is 11.6 Å². The van der Waals surface area contributed by atoms with Gasteiger partial charge in [0.1, 0.15) is 5.69 Å². The van der Waals surface area contributed by atoms with Gasteiger partial charge in [0.2, 0.25) is 0 Å². The van der Waals surface area contributed by atoms with Crippen molar-refractivity contribution in [2.24, 2.45) is 0 Å². The Morgan fingerprint density at radius 2 is 1.47 bits per heavy atom. The molecule has 0 atom stereocenters. The largest absolute Gasteiger partial charge is 0.491 e. The van der Waals surface area contributed by atoms with Gasteiger partial charge in [-0.1, -0.05) is 0 Å². The number of hydrogen-bond acceptors (Lipinski definition) is 3. The lowest BCUT2D eigenvalue weighted by molar-refractivity contribution is 0.300. The lowest BCUT2D eigenvalue weighted by atomic mass is 10.2. The van der Waals surface area contributed by atoms with Crippen molar-refractivity contribution >= 4 is 5.69 Å². The molecule has 0 aliphatic rings. The fraction of sp³-hybridized carbons (Fsp3) is 0.400. The number of benzene rings is 1. The molecule has 0 spiro atoms. The normalized spacial score (nSPS) is 10.1. The minimum atomic E-state index is -0.891. The molecule has 2 N–H and O–H groups in total. The molecule has 0 bridgehead atoms. The molecule has 1 aromatic carbocycles. The summed E-state index contributed by atoms with van der Waals surface area (Å²) in [4.78, 5) is 0. The van der Waals surface area contributed by atoms with Crippen LogP contribution in [-0.4, -0.2) is 13.2 Å². The summed E-state index contributed by atoms with van der Waals surface area (Å²) in [5.74, 6) is -1.98. The summed E-state index contributed by atoms with van der Waals surface area (Å²) in [6, 6.07) is 1.16. The van der Waals surface area contributed by atoms with Crippen molar-refractivity contribution in [3.8, 4) is 11.5 Å². The van der Waals surface area contributed by atoms with Gasteiger partial charge < -0.3 is 15.2 Å². The first kappa shape index (κ1) is 11.6. The average molecular weight is 217 g/mol. The third kappa shape index (κ3) is 2.29. The molecular formula is C10H13F2NO2. The van der Waals surface area contributed by atoms with E-state index in [4.69, 9.17) is 15.2 Å². The van der Waals surface area contributed by atoms with Crippen molar-refractivity contribution in [3.05, 3.63) is 17.7 Å². The smallest absolute Gasteiger partial charge is 0.191 e. The molecule has 0 radical (unpaired) electrons. The van der Waals surface area contributed by atoms with Crippen molar-refractivity contribution in [2.45, 2.75) is 13.8 Å². The van der Waals surface area contributed by atoms with Crippen LogP contribution >= 0.6 is 0 Å². The molecule has 0 saturated heterocycles. The number of halogens is 2. The Hall–Kier alpha value is -1.52. The Bertz CT molecular complexity index is 326. The van der Waals surface area contributed by atoms with Gasteiger partial charge in [0.15, 0.2) is 23.1 Å². The van der Waals surface area contributed by atoms with E-state index in [1.54, 1.807) is 13.8 Å². The van der Waals surface area contributed by atoms with Crippen molar-refractivity contribution in [2.75, 3.05) is 18.9 Å². The molecule has 0 amide bonds. The Morgan fingerprint density at radius 3 is 1.80 bits per heavy atom. The lowest BCUT2D eigenvalue weighted by Gasteiger charge is -2.11. The minimum Gasteiger partial charge on any atom is -0.491 e. The van der Waals surface area contributed by atoms with Crippen LogP contribution in [0.15, 0.2) is 6.07 Å². The molecule has 0 aromatic heterocycles. The summed E-state index contributed by atoms with van der Waals surface area (Å²) in [5.41, 5.74) is 4.65. The standard InChI is InChI=1S/C10H13F2NO2/c1-3-14-6-5-7(15-4-2)9(12)10(13)8(6)11/h5H,3-4,13H2,1-2H3. The highest BCUT2D eigenvalue weighted by Gasteiger charge is 2.17. The van der Waals surface area contributed by atoms with Gasteiger partial charge in [-0.15, -0.1) is 0 Å². The average Bonchev–Trinajstić information content (AvgIpc) is 2.22. The quantitative estimate of drug-likeness (QED) is 0.787. The fourth-order valence-corrected chi connectivity index (χ4v) is 1.13. The Labute approximate surface area is 86.8 Å². The van der Waals surface area contributed by atoms with Gasteiger partial charge in [-0.2, -0.15) is 0 Å². The monoisotopic (exact) mass is 217 g/mol. The zero-order valence-corrected chi connectivity index (χ0v) is 8.64. The highest BCUT2D eigenvalue weighted by molar-refractivity contribution is 5.53. The van der Waals surface area contributed by atoms with Crippen molar-refractivity contribution in [3.63, 3.8) is 0 Å². The molecule has 0 fully saturated rings. The summed E-state index contributed by atoms with van der Waals surface area (Å²) in [5, 5.41) is 0. The molecule has 15 heavy (non-hydrogen) atoms. The first-order valence-electron chi connectivity index (χ1n) is 4.64. The van der Waals surface area contributed by atoms with Crippen LogP contribution in [0.3, 0.4) is 0 Å². The van der Waals surface area contributed by atoms with Crippen LogP contribution in [0.4, 0.5) is 14.5 Å². The second-order valence-corrected chi connectivity index (χ2v) is 2.78. The Balaban J connectivity index is 3.19. The third-order valence-corrected chi connectivity index (χ3v) is 1.77.